The van der Waals surface area contributed by atoms with E-state index < -0.39 is 6.10 Å². The molecule has 0 saturated heterocycles. The second kappa shape index (κ2) is 6.83. The SMILES string of the molecule is CCNc1nnc(SCC(O)c2ccc(F)cc2)s1. The molecule has 0 amide bonds. The van der Waals surface area contributed by atoms with Gasteiger partial charge in [-0.2, -0.15) is 0 Å². The maximum absolute atomic E-state index is 12.8. The second-order valence-electron chi connectivity index (χ2n) is 3.78. The Morgan fingerprint density at radius 2 is 2.11 bits per heavy atom. The van der Waals surface area contributed by atoms with Crippen molar-refractivity contribution in [1.29, 1.82) is 0 Å². The smallest absolute Gasteiger partial charge is 0.206 e. The molecule has 0 aliphatic rings. The summed E-state index contributed by atoms with van der Waals surface area (Å²) in [6, 6.07) is 5.87. The topological polar surface area (TPSA) is 58.0 Å². The van der Waals surface area contributed by atoms with E-state index in [1.807, 2.05) is 6.92 Å². The summed E-state index contributed by atoms with van der Waals surface area (Å²) >= 11 is 2.89. The molecule has 102 valence electrons. The van der Waals surface area contributed by atoms with Gasteiger partial charge >= 0.3 is 0 Å². The molecule has 0 bridgehead atoms. The van der Waals surface area contributed by atoms with Gasteiger partial charge in [-0.05, 0) is 24.6 Å². The number of aliphatic hydroxyl groups excluding tert-OH is 1. The fraction of sp³-hybridized carbons (Fsp3) is 0.333. The molecule has 0 aliphatic heterocycles. The number of hydrogen-bond acceptors (Lipinski definition) is 6. The molecule has 0 saturated carbocycles. The van der Waals surface area contributed by atoms with Crippen LogP contribution in [0.2, 0.25) is 0 Å². The first-order chi connectivity index (χ1) is 9.19. The lowest BCUT2D eigenvalue weighted by molar-refractivity contribution is 0.204. The quantitative estimate of drug-likeness (QED) is 0.803. The van der Waals surface area contributed by atoms with Crippen molar-refractivity contribution in [2.24, 2.45) is 0 Å². The van der Waals surface area contributed by atoms with E-state index in [0.29, 0.717) is 11.3 Å². The molecule has 0 radical (unpaired) electrons. The van der Waals surface area contributed by atoms with Gasteiger partial charge in [-0.3, -0.25) is 0 Å². The molecular formula is C12H14FN3OS2. The van der Waals surface area contributed by atoms with Crippen molar-refractivity contribution < 1.29 is 9.50 Å². The van der Waals surface area contributed by atoms with E-state index in [9.17, 15) is 9.50 Å². The Morgan fingerprint density at radius 1 is 1.37 bits per heavy atom. The van der Waals surface area contributed by atoms with Gasteiger partial charge in [-0.25, -0.2) is 4.39 Å². The third kappa shape index (κ3) is 4.15. The van der Waals surface area contributed by atoms with Gasteiger partial charge in [-0.1, -0.05) is 35.2 Å². The standard InChI is InChI=1S/C12H14FN3OS2/c1-2-14-11-15-16-12(19-11)18-7-10(17)8-3-5-9(13)6-4-8/h3-6,10,17H,2,7H2,1H3,(H,14,15). The predicted octanol–water partition coefficient (Wildman–Crippen LogP) is 2.93. The van der Waals surface area contributed by atoms with Crippen LogP contribution in [0.3, 0.4) is 0 Å². The molecule has 1 aromatic carbocycles. The molecule has 4 nitrogen and oxygen atoms in total. The van der Waals surface area contributed by atoms with Crippen molar-refractivity contribution in [2.75, 3.05) is 17.6 Å². The third-order valence-electron chi connectivity index (χ3n) is 2.35. The fourth-order valence-electron chi connectivity index (χ4n) is 1.42. The normalized spacial score (nSPS) is 12.4. The van der Waals surface area contributed by atoms with Gasteiger partial charge < -0.3 is 10.4 Å². The number of anilines is 1. The number of thioether (sulfide) groups is 1. The van der Waals surface area contributed by atoms with Gasteiger partial charge in [0, 0.05) is 12.3 Å². The Hall–Kier alpha value is -1.18. The molecule has 19 heavy (non-hydrogen) atoms. The van der Waals surface area contributed by atoms with Crippen LogP contribution in [0.25, 0.3) is 0 Å². The summed E-state index contributed by atoms with van der Waals surface area (Å²) in [5.74, 6) is 0.162. The number of nitrogens with zero attached hydrogens (tertiary/aromatic N) is 2. The lowest BCUT2D eigenvalue weighted by Crippen LogP contribution is -2.00. The van der Waals surface area contributed by atoms with Crippen molar-refractivity contribution >= 4 is 28.2 Å². The summed E-state index contributed by atoms with van der Waals surface area (Å²) in [6.45, 7) is 2.80. The minimum Gasteiger partial charge on any atom is -0.388 e. The monoisotopic (exact) mass is 299 g/mol. The van der Waals surface area contributed by atoms with Crippen molar-refractivity contribution in [3.63, 3.8) is 0 Å². The van der Waals surface area contributed by atoms with Gasteiger partial charge in [0.1, 0.15) is 5.82 Å². The van der Waals surface area contributed by atoms with Crippen molar-refractivity contribution in [1.82, 2.24) is 10.2 Å². The first-order valence-corrected chi connectivity index (χ1v) is 7.63. The molecule has 2 N–H and O–H groups in total. The van der Waals surface area contributed by atoms with Gasteiger partial charge in [0.05, 0.1) is 6.10 Å². The number of nitrogens with one attached hydrogen (secondary N) is 1. The Balaban J connectivity index is 1.88. The highest BCUT2D eigenvalue weighted by Crippen LogP contribution is 2.29. The molecule has 1 atom stereocenters. The van der Waals surface area contributed by atoms with Gasteiger partial charge in [-0.15, -0.1) is 10.2 Å². The molecule has 0 aliphatic carbocycles. The van der Waals surface area contributed by atoms with Crippen LogP contribution >= 0.6 is 23.1 Å². The average molecular weight is 299 g/mol. The summed E-state index contributed by atoms with van der Waals surface area (Å²) in [7, 11) is 0. The molecular weight excluding hydrogens is 285 g/mol. The molecule has 0 spiro atoms. The van der Waals surface area contributed by atoms with Crippen LogP contribution in [-0.4, -0.2) is 27.6 Å². The summed E-state index contributed by atoms with van der Waals surface area (Å²) in [4.78, 5) is 0. The summed E-state index contributed by atoms with van der Waals surface area (Å²) in [5, 5.41) is 21.8. The summed E-state index contributed by atoms with van der Waals surface area (Å²) in [6.07, 6.45) is -0.642. The number of rotatable bonds is 6. The Morgan fingerprint density at radius 3 is 2.79 bits per heavy atom. The minimum absolute atomic E-state index is 0.303. The number of hydrogen-bond donors (Lipinski definition) is 2. The van der Waals surface area contributed by atoms with Crippen LogP contribution in [-0.2, 0) is 0 Å². The molecule has 1 heterocycles. The van der Waals surface area contributed by atoms with Crippen LogP contribution in [0.15, 0.2) is 28.6 Å². The molecule has 7 heteroatoms. The Kier molecular flexibility index (Phi) is 5.12. The van der Waals surface area contributed by atoms with Crippen LogP contribution in [0.1, 0.15) is 18.6 Å². The first kappa shape index (κ1) is 14.2. The zero-order chi connectivity index (χ0) is 13.7. The van der Waals surface area contributed by atoms with E-state index in [2.05, 4.69) is 15.5 Å². The molecule has 1 unspecified atom stereocenters. The maximum atomic E-state index is 12.8. The maximum Gasteiger partial charge on any atom is 0.206 e. The summed E-state index contributed by atoms with van der Waals surface area (Å²) < 4.78 is 13.6. The zero-order valence-electron chi connectivity index (χ0n) is 10.3. The number of halogens is 1. The van der Waals surface area contributed by atoms with E-state index in [-0.39, 0.29) is 5.82 Å². The third-order valence-corrected chi connectivity index (χ3v) is 4.44. The minimum atomic E-state index is -0.642. The molecule has 2 rings (SSSR count). The molecule has 0 fully saturated rings. The van der Waals surface area contributed by atoms with Crippen LogP contribution in [0.4, 0.5) is 9.52 Å². The average Bonchev–Trinajstić information content (AvgIpc) is 2.85. The van der Waals surface area contributed by atoms with Crippen LogP contribution < -0.4 is 5.32 Å². The van der Waals surface area contributed by atoms with E-state index in [1.54, 1.807) is 12.1 Å². The van der Waals surface area contributed by atoms with E-state index in [4.69, 9.17) is 0 Å². The van der Waals surface area contributed by atoms with Crippen molar-refractivity contribution in [3.05, 3.63) is 35.6 Å². The highest BCUT2D eigenvalue weighted by Gasteiger charge is 2.11. The number of benzene rings is 1. The van der Waals surface area contributed by atoms with Gasteiger partial charge in [0.15, 0.2) is 4.34 Å². The number of aliphatic hydroxyl groups is 1. The van der Waals surface area contributed by atoms with E-state index >= 15 is 0 Å². The largest absolute Gasteiger partial charge is 0.388 e. The molecule has 2 aromatic rings. The highest BCUT2D eigenvalue weighted by molar-refractivity contribution is 8.01. The summed E-state index contributed by atoms with van der Waals surface area (Å²) in [5.41, 5.74) is 0.699. The first-order valence-electron chi connectivity index (χ1n) is 5.82. The van der Waals surface area contributed by atoms with Crippen molar-refractivity contribution in [2.45, 2.75) is 17.4 Å². The molecule has 1 aromatic heterocycles. The van der Waals surface area contributed by atoms with Crippen molar-refractivity contribution in [3.8, 4) is 0 Å². The van der Waals surface area contributed by atoms with E-state index in [1.165, 1.54) is 35.2 Å². The second-order valence-corrected chi connectivity index (χ2v) is 6.03. The predicted molar refractivity (Wildman–Crippen MR) is 76.2 cm³/mol. The van der Waals surface area contributed by atoms with Crippen LogP contribution in [0.5, 0.6) is 0 Å². The number of aromatic nitrogens is 2. The Bertz CT molecular complexity index is 518. The lowest BCUT2D eigenvalue weighted by atomic mass is 10.1. The van der Waals surface area contributed by atoms with Crippen LogP contribution in [0, 0.1) is 5.82 Å². The van der Waals surface area contributed by atoms with Gasteiger partial charge in [0.25, 0.3) is 0 Å². The van der Waals surface area contributed by atoms with E-state index in [0.717, 1.165) is 16.0 Å². The lowest BCUT2D eigenvalue weighted by Gasteiger charge is -2.08. The Labute approximate surface area is 119 Å². The highest BCUT2D eigenvalue weighted by atomic mass is 32.2. The van der Waals surface area contributed by atoms with Gasteiger partial charge in [0.2, 0.25) is 5.13 Å². The fourth-order valence-corrected chi connectivity index (χ4v) is 3.24. The zero-order valence-corrected chi connectivity index (χ0v) is 12.0.